The second-order valence-electron chi connectivity index (χ2n) is 5.97. The fourth-order valence-corrected chi connectivity index (χ4v) is 3.55. The van der Waals surface area contributed by atoms with Crippen LogP contribution in [0, 0.1) is 20.8 Å². The summed E-state index contributed by atoms with van der Waals surface area (Å²) in [5.74, 6) is -0.250. The molecule has 6 heteroatoms. The minimum atomic E-state index is -0.633. The zero-order valence-corrected chi connectivity index (χ0v) is 14.9. The van der Waals surface area contributed by atoms with Gasteiger partial charge in [-0.15, -0.1) is 11.3 Å². The number of para-hydroxylation sites is 1. The summed E-state index contributed by atoms with van der Waals surface area (Å²) < 4.78 is 1.56. The fraction of sp³-hybridized carbons (Fsp3) is 0.278. The third-order valence-electron chi connectivity index (χ3n) is 4.10. The van der Waals surface area contributed by atoms with E-state index in [0.717, 1.165) is 27.7 Å². The van der Waals surface area contributed by atoms with Crippen molar-refractivity contribution in [3.63, 3.8) is 0 Å². The van der Waals surface area contributed by atoms with Crippen LogP contribution in [0.4, 0.5) is 5.13 Å². The van der Waals surface area contributed by atoms with Crippen molar-refractivity contribution < 1.29 is 4.79 Å². The summed E-state index contributed by atoms with van der Waals surface area (Å²) in [5, 5.41) is 6.20. The number of hydrogen-bond donors (Lipinski definition) is 1. The van der Waals surface area contributed by atoms with Gasteiger partial charge in [0.15, 0.2) is 5.13 Å². The van der Waals surface area contributed by atoms with Crippen molar-refractivity contribution in [1.29, 1.82) is 0 Å². The maximum Gasteiger partial charge on any atom is 0.252 e. The van der Waals surface area contributed by atoms with Gasteiger partial charge in [0.2, 0.25) is 5.91 Å². The molecule has 2 aromatic heterocycles. The number of thiazole rings is 1. The predicted molar refractivity (Wildman–Crippen MR) is 97.9 cm³/mol. The molecular formula is C18H19N3O2S. The van der Waals surface area contributed by atoms with Crippen molar-refractivity contribution in [2.45, 2.75) is 33.7 Å². The molecule has 2 heterocycles. The number of nitrogens with one attached hydrogen (secondary N) is 1. The smallest absolute Gasteiger partial charge is 0.252 e. The molecule has 1 N–H and O–H groups in total. The average Bonchev–Trinajstić information content (AvgIpc) is 2.93. The Bertz CT molecular complexity index is 988. The number of aryl methyl sites for hydroxylation is 3. The molecule has 24 heavy (non-hydrogen) atoms. The van der Waals surface area contributed by atoms with Crippen LogP contribution in [0.3, 0.4) is 0 Å². The van der Waals surface area contributed by atoms with Crippen LogP contribution in [0.5, 0.6) is 0 Å². The van der Waals surface area contributed by atoms with Gasteiger partial charge in [-0.1, -0.05) is 18.2 Å². The molecule has 0 bridgehead atoms. The molecular weight excluding hydrogens is 322 g/mol. The van der Waals surface area contributed by atoms with Gasteiger partial charge in [-0.05, 0) is 38.8 Å². The zero-order valence-electron chi connectivity index (χ0n) is 14.1. The normalized spacial score (nSPS) is 12.3. The van der Waals surface area contributed by atoms with Gasteiger partial charge in [-0.2, -0.15) is 0 Å². The van der Waals surface area contributed by atoms with E-state index in [1.165, 1.54) is 11.3 Å². The largest absolute Gasteiger partial charge is 0.300 e. The molecule has 0 radical (unpaired) electrons. The molecule has 124 valence electrons. The third kappa shape index (κ3) is 2.85. The standard InChI is InChI=1S/C18H19N3O2S/c1-10-6-5-7-14-11(2)8-15(22)21(16(10)14)13(4)17(23)20-18-19-12(3)9-24-18/h5-9,13H,1-4H3,(H,19,20,23). The number of nitrogens with zero attached hydrogens (tertiary/aromatic N) is 2. The van der Waals surface area contributed by atoms with Crippen LogP contribution in [0.15, 0.2) is 34.4 Å². The number of hydrogen-bond acceptors (Lipinski definition) is 4. The first-order valence-corrected chi connectivity index (χ1v) is 8.61. The Hall–Kier alpha value is -2.47. The molecule has 1 unspecified atom stereocenters. The summed E-state index contributed by atoms with van der Waals surface area (Å²) in [6.07, 6.45) is 0. The molecule has 0 aliphatic heterocycles. The lowest BCUT2D eigenvalue weighted by molar-refractivity contribution is -0.118. The molecule has 3 rings (SSSR count). The van der Waals surface area contributed by atoms with E-state index in [-0.39, 0.29) is 11.5 Å². The first kappa shape index (κ1) is 16.4. The quantitative estimate of drug-likeness (QED) is 0.792. The summed E-state index contributed by atoms with van der Waals surface area (Å²) in [5.41, 5.74) is 3.38. The summed E-state index contributed by atoms with van der Waals surface area (Å²) in [6.45, 7) is 7.47. The Morgan fingerprint density at radius 1 is 1.25 bits per heavy atom. The van der Waals surface area contributed by atoms with Crippen molar-refractivity contribution in [1.82, 2.24) is 9.55 Å². The Kier molecular flexibility index (Phi) is 4.24. The van der Waals surface area contributed by atoms with E-state index in [4.69, 9.17) is 0 Å². The zero-order chi connectivity index (χ0) is 17.4. The molecule has 0 fully saturated rings. The van der Waals surface area contributed by atoms with Gasteiger partial charge in [-0.3, -0.25) is 14.2 Å². The van der Waals surface area contributed by atoms with Crippen LogP contribution in [0.25, 0.3) is 10.9 Å². The summed E-state index contributed by atoms with van der Waals surface area (Å²) in [4.78, 5) is 29.4. The Labute approximate surface area is 144 Å². The number of aromatic nitrogens is 2. The second kappa shape index (κ2) is 6.20. The number of amides is 1. The SMILES string of the molecule is Cc1csc(NC(=O)C(C)n2c(=O)cc(C)c3cccc(C)c32)n1. The van der Waals surface area contributed by atoms with Crippen LogP contribution in [-0.2, 0) is 4.79 Å². The lowest BCUT2D eigenvalue weighted by atomic mass is 10.1. The molecule has 1 amide bonds. The van der Waals surface area contributed by atoms with E-state index in [2.05, 4.69) is 10.3 Å². The number of carbonyl (C=O) groups excluding carboxylic acids is 1. The van der Waals surface area contributed by atoms with Crippen LogP contribution in [0.1, 0.15) is 29.8 Å². The highest BCUT2D eigenvalue weighted by Gasteiger charge is 2.21. The van der Waals surface area contributed by atoms with Crippen molar-refractivity contribution in [2.24, 2.45) is 0 Å². The minimum absolute atomic E-state index is 0.174. The van der Waals surface area contributed by atoms with Crippen LogP contribution in [-0.4, -0.2) is 15.5 Å². The first-order chi connectivity index (χ1) is 11.4. The Morgan fingerprint density at radius 3 is 2.67 bits per heavy atom. The van der Waals surface area contributed by atoms with Crippen molar-refractivity contribution in [3.8, 4) is 0 Å². The molecule has 0 spiro atoms. The Balaban J connectivity index is 2.08. The maximum atomic E-state index is 12.6. The van der Waals surface area contributed by atoms with Gasteiger partial charge in [-0.25, -0.2) is 4.98 Å². The highest BCUT2D eigenvalue weighted by molar-refractivity contribution is 7.13. The molecule has 1 atom stereocenters. The maximum absolute atomic E-state index is 12.6. The van der Waals surface area contributed by atoms with Gasteiger partial charge < -0.3 is 5.32 Å². The summed E-state index contributed by atoms with van der Waals surface area (Å²) in [6, 6.07) is 6.84. The average molecular weight is 341 g/mol. The van der Waals surface area contributed by atoms with Crippen LogP contribution < -0.4 is 10.9 Å². The first-order valence-electron chi connectivity index (χ1n) is 7.73. The van der Waals surface area contributed by atoms with Crippen molar-refractivity contribution in [3.05, 3.63) is 56.8 Å². The monoisotopic (exact) mass is 341 g/mol. The van der Waals surface area contributed by atoms with Crippen molar-refractivity contribution >= 4 is 33.3 Å². The predicted octanol–water partition coefficient (Wildman–Crippen LogP) is 3.58. The number of carbonyl (C=O) groups is 1. The van der Waals surface area contributed by atoms with Gasteiger partial charge >= 0.3 is 0 Å². The number of benzene rings is 1. The molecule has 0 aliphatic rings. The number of pyridine rings is 1. The van der Waals surface area contributed by atoms with E-state index < -0.39 is 6.04 Å². The van der Waals surface area contributed by atoms with E-state index in [9.17, 15) is 9.59 Å². The topological polar surface area (TPSA) is 64.0 Å². The third-order valence-corrected chi connectivity index (χ3v) is 4.97. The highest BCUT2D eigenvalue weighted by atomic mass is 32.1. The molecule has 0 saturated carbocycles. The lowest BCUT2D eigenvalue weighted by Gasteiger charge is -2.19. The molecule has 0 saturated heterocycles. The van der Waals surface area contributed by atoms with Crippen molar-refractivity contribution in [2.75, 3.05) is 5.32 Å². The number of rotatable bonds is 3. The molecule has 3 aromatic rings. The number of anilines is 1. The van der Waals surface area contributed by atoms with Crippen LogP contribution in [0.2, 0.25) is 0 Å². The minimum Gasteiger partial charge on any atom is -0.300 e. The fourth-order valence-electron chi connectivity index (χ4n) is 2.86. The van der Waals surface area contributed by atoms with Gasteiger partial charge in [0.25, 0.3) is 5.56 Å². The van der Waals surface area contributed by atoms with E-state index >= 15 is 0 Å². The van der Waals surface area contributed by atoms with Gasteiger partial charge in [0.1, 0.15) is 6.04 Å². The summed E-state index contributed by atoms with van der Waals surface area (Å²) in [7, 11) is 0. The van der Waals surface area contributed by atoms with Gasteiger partial charge in [0.05, 0.1) is 11.2 Å². The molecule has 5 nitrogen and oxygen atoms in total. The number of fused-ring (bicyclic) bond motifs is 1. The Morgan fingerprint density at radius 2 is 2.00 bits per heavy atom. The highest BCUT2D eigenvalue weighted by Crippen LogP contribution is 2.24. The van der Waals surface area contributed by atoms with Gasteiger partial charge in [0, 0.05) is 16.8 Å². The molecule has 0 aliphatic carbocycles. The van der Waals surface area contributed by atoms with E-state index in [0.29, 0.717) is 5.13 Å². The second-order valence-corrected chi connectivity index (χ2v) is 6.82. The lowest BCUT2D eigenvalue weighted by Crippen LogP contribution is -2.32. The van der Waals surface area contributed by atoms with E-state index in [1.807, 2.05) is 44.4 Å². The molecule has 1 aromatic carbocycles. The van der Waals surface area contributed by atoms with E-state index in [1.54, 1.807) is 17.6 Å². The summed E-state index contributed by atoms with van der Waals surface area (Å²) >= 11 is 1.37. The van der Waals surface area contributed by atoms with Crippen LogP contribution >= 0.6 is 11.3 Å².